The van der Waals surface area contributed by atoms with Gasteiger partial charge in [-0.05, 0) is 42.5 Å². The third kappa shape index (κ3) is 4.22. The van der Waals surface area contributed by atoms with E-state index >= 15 is 0 Å². The molecule has 2 rings (SSSR count). The van der Waals surface area contributed by atoms with Crippen molar-refractivity contribution in [2.45, 2.75) is 23.6 Å². The second kappa shape index (κ2) is 7.86. The van der Waals surface area contributed by atoms with Crippen molar-refractivity contribution < 1.29 is 16.8 Å². The van der Waals surface area contributed by atoms with E-state index in [0.717, 1.165) is 0 Å². The molecule has 0 aliphatic heterocycles. The van der Waals surface area contributed by atoms with Gasteiger partial charge in [-0.2, -0.15) is 9.57 Å². The van der Waals surface area contributed by atoms with Crippen LogP contribution in [-0.4, -0.2) is 34.2 Å². The van der Waals surface area contributed by atoms with E-state index in [-0.39, 0.29) is 15.5 Å². The molecule has 9 heteroatoms. The molecule has 7 nitrogen and oxygen atoms in total. The molecule has 0 spiro atoms. The maximum Gasteiger partial charge on any atom is 0.261 e. The number of rotatable bonds is 7. The summed E-state index contributed by atoms with van der Waals surface area (Å²) in [5.74, 6) is 0. The molecular formula is C17H19N3O4S2. The Morgan fingerprint density at radius 2 is 1.54 bits per heavy atom. The predicted molar refractivity (Wildman–Crippen MR) is 98.5 cm³/mol. The highest BCUT2D eigenvalue weighted by Crippen LogP contribution is 2.21. The van der Waals surface area contributed by atoms with E-state index in [1.807, 2.05) is 6.07 Å². The lowest BCUT2D eigenvalue weighted by atomic mass is 10.2. The molecule has 0 unspecified atom stereocenters. The molecule has 0 aliphatic carbocycles. The molecule has 0 saturated heterocycles. The third-order valence-electron chi connectivity index (χ3n) is 3.72. The Morgan fingerprint density at radius 3 is 2.08 bits per heavy atom. The molecule has 0 fully saturated rings. The lowest BCUT2D eigenvalue weighted by Crippen LogP contribution is -2.30. The van der Waals surface area contributed by atoms with Gasteiger partial charge in [0.1, 0.15) is 0 Å². The van der Waals surface area contributed by atoms with Gasteiger partial charge in [0.2, 0.25) is 10.0 Å². The number of hydrogen-bond acceptors (Lipinski definition) is 5. The fourth-order valence-corrected chi connectivity index (χ4v) is 4.88. The number of hydrogen-bond donors (Lipinski definition) is 1. The molecule has 0 amide bonds. The standard InChI is InChI=1S/C17H19N3O4S2/c1-3-20(4-2)26(23,24)17-10-8-16(9-11-17)25(21,22)19-15-7-5-6-14(12-15)13-18/h5-12,19H,3-4H2,1-2H3. The van der Waals surface area contributed by atoms with Crippen molar-refractivity contribution in [3.05, 3.63) is 54.1 Å². The Labute approximate surface area is 154 Å². The third-order valence-corrected chi connectivity index (χ3v) is 7.18. The monoisotopic (exact) mass is 393 g/mol. The van der Waals surface area contributed by atoms with Crippen LogP contribution in [0.4, 0.5) is 5.69 Å². The van der Waals surface area contributed by atoms with Gasteiger partial charge in [-0.15, -0.1) is 0 Å². The summed E-state index contributed by atoms with van der Waals surface area (Å²) in [7, 11) is -7.55. The van der Waals surface area contributed by atoms with Crippen molar-refractivity contribution in [3.8, 4) is 6.07 Å². The fourth-order valence-electron chi connectivity index (χ4n) is 2.37. The van der Waals surface area contributed by atoms with Crippen molar-refractivity contribution in [2.75, 3.05) is 17.8 Å². The molecule has 26 heavy (non-hydrogen) atoms. The van der Waals surface area contributed by atoms with Gasteiger partial charge in [-0.3, -0.25) is 4.72 Å². The molecule has 0 bridgehead atoms. The molecule has 1 N–H and O–H groups in total. The first kappa shape index (κ1) is 19.9. The molecule has 2 aromatic carbocycles. The Balaban J connectivity index is 2.30. The van der Waals surface area contributed by atoms with E-state index in [1.165, 1.54) is 40.7 Å². The van der Waals surface area contributed by atoms with Crippen LogP contribution in [0.2, 0.25) is 0 Å². The summed E-state index contributed by atoms with van der Waals surface area (Å²) in [6.07, 6.45) is 0. The van der Waals surface area contributed by atoms with Crippen LogP contribution < -0.4 is 4.72 Å². The maximum atomic E-state index is 12.5. The minimum absolute atomic E-state index is 0.0339. The van der Waals surface area contributed by atoms with Crippen molar-refractivity contribution in [1.82, 2.24) is 4.31 Å². The molecule has 0 aliphatic rings. The largest absolute Gasteiger partial charge is 0.280 e. The number of benzene rings is 2. The highest BCUT2D eigenvalue weighted by Gasteiger charge is 2.22. The van der Waals surface area contributed by atoms with E-state index in [4.69, 9.17) is 5.26 Å². The van der Waals surface area contributed by atoms with Crippen molar-refractivity contribution >= 4 is 25.7 Å². The van der Waals surface area contributed by atoms with E-state index in [9.17, 15) is 16.8 Å². The fraction of sp³-hybridized carbons (Fsp3) is 0.235. The van der Waals surface area contributed by atoms with Gasteiger partial charge in [-0.1, -0.05) is 19.9 Å². The number of nitrogens with one attached hydrogen (secondary N) is 1. The van der Waals surface area contributed by atoms with Gasteiger partial charge >= 0.3 is 0 Å². The second-order valence-electron chi connectivity index (χ2n) is 5.36. The van der Waals surface area contributed by atoms with Gasteiger partial charge in [0.05, 0.1) is 27.1 Å². The van der Waals surface area contributed by atoms with Gasteiger partial charge in [-0.25, -0.2) is 16.8 Å². The summed E-state index contributed by atoms with van der Waals surface area (Å²) < 4.78 is 53.5. The summed E-state index contributed by atoms with van der Waals surface area (Å²) in [5.41, 5.74) is 0.578. The maximum absolute atomic E-state index is 12.5. The van der Waals surface area contributed by atoms with Gasteiger partial charge in [0.25, 0.3) is 10.0 Å². The molecule has 2 aromatic rings. The predicted octanol–water partition coefficient (Wildman–Crippen LogP) is 2.39. The quantitative estimate of drug-likeness (QED) is 0.777. The summed E-state index contributed by atoms with van der Waals surface area (Å²) in [5, 5.41) is 8.88. The molecular weight excluding hydrogens is 374 g/mol. The average Bonchev–Trinajstić information content (AvgIpc) is 2.62. The lowest BCUT2D eigenvalue weighted by molar-refractivity contribution is 0.445. The Kier molecular flexibility index (Phi) is 6.02. The summed E-state index contributed by atoms with van der Waals surface area (Å²) in [6, 6.07) is 13.0. The van der Waals surface area contributed by atoms with E-state index in [1.54, 1.807) is 26.0 Å². The second-order valence-corrected chi connectivity index (χ2v) is 8.98. The Hall–Kier alpha value is -2.41. The molecule has 0 aromatic heterocycles. The van der Waals surface area contributed by atoms with Crippen molar-refractivity contribution in [2.24, 2.45) is 0 Å². The van der Waals surface area contributed by atoms with E-state index in [2.05, 4.69) is 4.72 Å². The van der Waals surface area contributed by atoms with E-state index < -0.39 is 20.0 Å². The summed E-state index contributed by atoms with van der Waals surface area (Å²) in [6.45, 7) is 4.13. The van der Waals surface area contributed by atoms with Crippen LogP contribution in [0.1, 0.15) is 19.4 Å². The van der Waals surface area contributed by atoms with Gasteiger partial charge in [0, 0.05) is 13.1 Å². The van der Waals surface area contributed by atoms with Crippen LogP contribution in [0.3, 0.4) is 0 Å². The van der Waals surface area contributed by atoms with Crippen LogP contribution in [-0.2, 0) is 20.0 Å². The number of nitrogens with zero attached hydrogens (tertiary/aromatic N) is 2. The van der Waals surface area contributed by atoms with E-state index in [0.29, 0.717) is 18.7 Å². The van der Waals surface area contributed by atoms with Gasteiger partial charge in [0.15, 0.2) is 0 Å². The van der Waals surface area contributed by atoms with Crippen molar-refractivity contribution in [1.29, 1.82) is 5.26 Å². The normalized spacial score (nSPS) is 11.9. The highest BCUT2D eigenvalue weighted by molar-refractivity contribution is 7.92. The van der Waals surface area contributed by atoms with Crippen molar-refractivity contribution in [3.63, 3.8) is 0 Å². The molecule has 0 radical (unpaired) electrons. The summed E-state index contributed by atoms with van der Waals surface area (Å²) >= 11 is 0. The van der Waals surface area contributed by atoms with Crippen LogP contribution in [0.15, 0.2) is 58.3 Å². The molecule has 138 valence electrons. The molecule has 0 heterocycles. The zero-order valence-electron chi connectivity index (χ0n) is 14.4. The topological polar surface area (TPSA) is 107 Å². The van der Waals surface area contributed by atoms with Gasteiger partial charge < -0.3 is 0 Å². The van der Waals surface area contributed by atoms with Crippen LogP contribution in [0, 0.1) is 11.3 Å². The Morgan fingerprint density at radius 1 is 0.962 bits per heavy atom. The number of nitriles is 1. The van der Waals surface area contributed by atoms with Crippen LogP contribution in [0.5, 0.6) is 0 Å². The zero-order valence-corrected chi connectivity index (χ0v) is 16.0. The minimum Gasteiger partial charge on any atom is -0.280 e. The SMILES string of the molecule is CCN(CC)S(=O)(=O)c1ccc(S(=O)(=O)Nc2cccc(C#N)c2)cc1. The first-order valence-electron chi connectivity index (χ1n) is 7.87. The highest BCUT2D eigenvalue weighted by atomic mass is 32.2. The van der Waals surface area contributed by atoms with Crippen LogP contribution in [0.25, 0.3) is 0 Å². The smallest absolute Gasteiger partial charge is 0.261 e. The summed E-state index contributed by atoms with van der Waals surface area (Å²) in [4.78, 5) is -0.0371. The Bertz CT molecular complexity index is 1020. The molecule has 0 atom stereocenters. The average molecular weight is 393 g/mol. The first-order valence-corrected chi connectivity index (χ1v) is 10.8. The number of sulfonamides is 2. The zero-order chi connectivity index (χ0) is 19.4. The van der Waals surface area contributed by atoms with Crippen LogP contribution >= 0.6 is 0 Å². The first-order chi connectivity index (χ1) is 12.2. The molecule has 0 saturated carbocycles. The minimum atomic E-state index is -3.90. The number of anilines is 1. The lowest BCUT2D eigenvalue weighted by Gasteiger charge is -2.18.